The monoisotopic (exact) mass is 1630 g/mol. The molecule has 0 aliphatic carbocycles. The van der Waals surface area contributed by atoms with E-state index in [0.717, 1.165) is 76.3 Å². The van der Waals surface area contributed by atoms with Crippen LogP contribution in [0.15, 0.2) is 284 Å². The molecule has 4 heterocycles. The maximum Gasteiger partial charge on any atom is 2.00 e. The van der Waals surface area contributed by atoms with Crippen LogP contribution in [0.1, 0.15) is 168 Å². The molecular weight excluding hydrogens is 1520 g/mol. The van der Waals surface area contributed by atoms with E-state index < -0.39 is 24.4 Å². The number of aromatic nitrogens is 1. The summed E-state index contributed by atoms with van der Waals surface area (Å²) >= 11 is 0. The SMILES string of the molecule is C1CCOC1.C1CCOC1.C1CCOC1.Cc1cc(C)cc([N-]CC(C)(C)C)c1.Cc1cc(C)cc([N-]CC(C)(C)C)c1.Cc1cc(C)cc([N-]CC(C)(C)C)c1.[Cu+2].[Nb].[O-]C(=C(c1ccccc1)c1ccccc1)P(C([O-])=C(c1ccccc1)c1ccccc1)C([O-])=C(c1ccccc1)c1ccccc1.c1ccncc1. The minimum atomic E-state index is -2.63. The average molecular weight is 1640 g/mol. The quantitative estimate of drug-likeness (QED) is 0.0563. The van der Waals surface area contributed by atoms with Crippen molar-refractivity contribution in [2.24, 2.45) is 16.2 Å². The van der Waals surface area contributed by atoms with Gasteiger partial charge in [0.25, 0.3) is 0 Å². The van der Waals surface area contributed by atoms with E-state index in [0.29, 0.717) is 50.1 Å². The maximum absolute atomic E-state index is 15.2. The topological polar surface area (TPSA) is 152 Å². The van der Waals surface area contributed by atoms with Gasteiger partial charge in [-0.1, -0.05) is 379 Å². The van der Waals surface area contributed by atoms with E-state index in [9.17, 15) is 0 Å². The van der Waals surface area contributed by atoms with Crippen molar-refractivity contribution in [2.45, 2.75) is 142 Å². The minimum absolute atomic E-state index is 0. The van der Waals surface area contributed by atoms with Gasteiger partial charge in [0.15, 0.2) is 0 Å². The molecule has 1 aromatic heterocycles. The Hall–Kier alpha value is -8.28. The Kier molecular flexibility index (Phi) is 44.0. The van der Waals surface area contributed by atoms with E-state index >= 15 is 15.3 Å². The molecule has 10 aromatic rings. The van der Waals surface area contributed by atoms with Crippen LogP contribution in [0.2, 0.25) is 0 Å². The maximum atomic E-state index is 15.2. The van der Waals surface area contributed by atoms with E-state index in [-0.39, 0.29) is 55.7 Å². The summed E-state index contributed by atoms with van der Waals surface area (Å²) in [6.45, 7) is 41.2. The molecule has 13 heteroatoms. The standard InChI is InChI=1S/C42H33O3P.3C13H20N.C5H5N.3C4H8O.Cu.Nb/c43-40(37(31-19-7-1-8-20-31)32-21-9-2-10-22-32)46(41(44)38(33-23-11-3-12-24-33)34-25-13-4-14-26-34)42(45)39(35-27-15-5-16-28-35)36-29-17-6-18-30-36;3*1-10-6-11(2)8-12(7-10)14-9-13(3,4)5;1-2-4-6-5-3-1;3*1-2-4-5-3-1;;/h1-30,43-45H;3*6-8H,9H2,1-5H3;1-5H;3*1-4H2;;/q;3*-1;;;;;+2;/p-3. The van der Waals surface area contributed by atoms with Crippen LogP contribution in [0.25, 0.3) is 32.7 Å². The van der Waals surface area contributed by atoms with E-state index in [1.54, 1.807) is 12.4 Å². The van der Waals surface area contributed by atoms with Crippen LogP contribution in [-0.2, 0) is 53.7 Å². The Morgan fingerprint density at radius 3 is 0.622 bits per heavy atom. The Bertz CT molecular complexity index is 3620. The van der Waals surface area contributed by atoms with E-state index in [2.05, 4.69) is 179 Å². The molecule has 111 heavy (non-hydrogen) atoms. The summed E-state index contributed by atoms with van der Waals surface area (Å²) in [5.74, 6) is 0. The Balaban J connectivity index is 0.000000323. The fraction of sp³-hybridized carbons (Fsp3) is 0.337. The van der Waals surface area contributed by atoms with Crippen molar-refractivity contribution >= 4 is 41.7 Å². The van der Waals surface area contributed by atoms with Crippen LogP contribution in [-0.4, -0.2) is 64.3 Å². The second-order valence-corrected chi connectivity index (χ2v) is 33.1. The number of ether oxygens (including phenoxy) is 3. The number of hydrogen-bond acceptors (Lipinski definition) is 7. The number of aryl methyl sites for hydroxylation is 6. The fourth-order valence-electron chi connectivity index (χ4n) is 11.4. The third kappa shape index (κ3) is 38.2. The molecule has 2 radical (unpaired) electrons. The van der Waals surface area contributed by atoms with Crippen molar-refractivity contribution < 1.29 is 69.0 Å². The molecule has 3 aliphatic heterocycles. The molecule has 0 saturated carbocycles. The molecular formula is C98H119CuN4NbO6P-4. The van der Waals surface area contributed by atoms with Crippen LogP contribution in [0.3, 0.4) is 0 Å². The smallest absolute Gasteiger partial charge is 0.871 e. The number of nitrogens with zero attached hydrogens (tertiary/aromatic N) is 4. The largest absolute Gasteiger partial charge is 2.00 e. The molecule has 0 amide bonds. The molecule has 0 N–H and O–H groups in total. The summed E-state index contributed by atoms with van der Waals surface area (Å²) in [5.41, 5.74) is 15.3. The Morgan fingerprint density at radius 1 is 0.306 bits per heavy atom. The molecule has 0 atom stereocenters. The number of pyridine rings is 1. The Labute approximate surface area is 694 Å². The normalized spacial score (nSPS) is 12.4. The van der Waals surface area contributed by atoms with Gasteiger partial charge in [0.05, 0.1) is 0 Å². The third-order valence-electron chi connectivity index (χ3n) is 16.5. The van der Waals surface area contributed by atoms with Crippen LogP contribution < -0.4 is 15.3 Å². The first-order chi connectivity index (χ1) is 52.2. The van der Waals surface area contributed by atoms with Crippen molar-refractivity contribution in [1.82, 2.24) is 4.98 Å². The van der Waals surface area contributed by atoms with E-state index in [4.69, 9.17) is 14.2 Å². The summed E-state index contributed by atoms with van der Waals surface area (Å²) in [6.07, 6.45) is 11.2. The minimum Gasteiger partial charge on any atom is -0.871 e. The summed E-state index contributed by atoms with van der Waals surface area (Å²) in [5, 5.41) is 59.4. The van der Waals surface area contributed by atoms with Crippen molar-refractivity contribution in [3.8, 4) is 0 Å². The van der Waals surface area contributed by atoms with E-state index in [1.807, 2.05) is 200 Å². The molecule has 0 spiro atoms. The van der Waals surface area contributed by atoms with E-state index in [1.165, 1.54) is 71.9 Å². The first-order valence-electron chi connectivity index (χ1n) is 38.5. The van der Waals surface area contributed by atoms with Gasteiger partial charge in [0, 0.05) is 74.4 Å². The molecule has 9 aromatic carbocycles. The van der Waals surface area contributed by atoms with Gasteiger partial charge in [-0.3, -0.25) is 4.98 Å². The van der Waals surface area contributed by atoms with Crippen LogP contribution in [0.5, 0.6) is 0 Å². The van der Waals surface area contributed by atoms with Crippen molar-refractivity contribution in [3.63, 3.8) is 0 Å². The fourth-order valence-corrected chi connectivity index (χ4v) is 13.4. The molecule has 592 valence electrons. The predicted octanol–water partition coefficient (Wildman–Crippen LogP) is 24.3. The third-order valence-corrected chi connectivity index (χ3v) is 18.4. The zero-order valence-corrected chi connectivity index (χ0v) is 72.5. The second kappa shape index (κ2) is 51.4. The van der Waals surface area contributed by atoms with Gasteiger partial charge in [-0.2, -0.15) is 0 Å². The zero-order chi connectivity index (χ0) is 78.9. The predicted molar refractivity (Wildman–Crippen MR) is 458 cm³/mol. The van der Waals surface area contributed by atoms with Gasteiger partial charge in [-0.25, -0.2) is 0 Å². The summed E-state index contributed by atoms with van der Waals surface area (Å²) in [4.78, 5) is 3.78. The molecule has 0 unspecified atom stereocenters. The van der Waals surface area contributed by atoms with Gasteiger partial charge in [-0.15, -0.1) is 36.7 Å². The summed E-state index contributed by atoms with van der Waals surface area (Å²) in [6, 6.07) is 80.8. The van der Waals surface area contributed by atoms with Crippen LogP contribution in [0.4, 0.5) is 17.1 Å². The van der Waals surface area contributed by atoms with Gasteiger partial charge in [0.2, 0.25) is 0 Å². The van der Waals surface area contributed by atoms with Crippen LogP contribution in [0, 0.1) is 57.8 Å². The number of hydrogen-bond donors (Lipinski definition) is 0. The molecule has 3 saturated heterocycles. The van der Waals surface area contributed by atoms with Gasteiger partial charge in [0.1, 0.15) is 0 Å². The molecule has 3 aliphatic rings. The second-order valence-electron chi connectivity index (χ2n) is 31.2. The first kappa shape index (κ1) is 95.1. The molecule has 13 rings (SSSR count). The summed E-state index contributed by atoms with van der Waals surface area (Å²) in [7, 11) is -2.63. The zero-order valence-electron chi connectivity index (χ0n) is 68.4. The van der Waals surface area contributed by atoms with Gasteiger partial charge in [-0.05, 0) is 142 Å². The average Bonchev–Trinajstić information content (AvgIpc) is 0.952. The van der Waals surface area contributed by atoms with Gasteiger partial charge < -0.3 is 45.5 Å². The molecule has 0 bridgehead atoms. The van der Waals surface area contributed by atoms with Gasteiger partial charge >= 0.3 is 17.1 Å². The molecule has 3 fully saturated rings. The number of rotatable bonds is 15. The van der Waals surface area contributed by atoms with Crippen molar-refractivity contribution in [3.05, 3.63) is 366 Å². The van der Waals surface area contributed by atoms with Crippen molar-refractivity contribution in [1.29, 1.82) is 0 Å². The van der Waals surface area contributed by atoms with Crippen LogP contribution >= 0.6 is 7.92 Å². The molecule has 10 nitrogen and oxygen atoms in total. The summed E-state index contributed by atoms with van der Waals surface area (Å²) < 4.78 is 14.8. The first-order valence-corrected chi connectivity index (χ1v) is 39.8. The Morgan fingerprint density at radius 2 is 0.486 bits per heavy atom. The number of benzene rings is 9. The van der Waals surface area contributed by atoms with Crippen molar-refractivity contribution in [2.75, 3.05) is 59.3 Å².